The normalized spacial score (nSPS) is 13.9. The van der Waals surface area contributed by atoms with Crippen molar-refractivity contribution in [3.63, 3.8) is 0 Å². The minimum Gasteiger partial charge on any atom is -0.507 e. The Morgan fingerprint density at radius 1 is 0.737 bits per heavy atom. The lowest BCUT2D eigenvalue weighted by molar-refractivity contribution is 0.0696. The summed E-state index contributed by atoms with van der Waals surface area (Å²) in [6.07, 6.45) is 25.9. The van der Waals surface area contributed by atoms with E-state index < -0.39 is 5.97 Å². The number of aromatic hydroxyl groups is 1. The minimum absolute atomic E-state index is 0.130. The fourth-order valence-electron chi connectivity index (χ4n) is 6.45. The molecule has 3 heteroatoms. The van der Waals surface area contributed by atoms with Crippen molar-refractivity contribution < 1.29 is 15.0 Å². The highest BCUT2D eigenvalue weighted by molar-refractivity contribution is 5.88. The molecule has 0 aromatic heterocycles. The number of hydrogen-bond donors (Lipinski definition) is 2. The number of phenolic OH excluding ortho intramolecular Hbond substituents is 1. The summed E-state index contributed by atoms with van der Waals surface area (Å²) in [7, 11) is 0. The Morgan fingerprint density at radius 3 is 1.74 bits per heavy atom. The molecule has 0 saturated heterocycles. The van der Waals surface area contributed by atoms with Crippen molar-refractivity contribution in [1.82, 2.24) is 0 Å². The molecule has 0 saturated carbocycles. The number of rotatable bonds is 24. The maximum Gasteiger partial charge on any atom is 0.335 e. The molecule has 0 aliphatic heterocycles. The lowest BCUT2D eigenvalue weighted by Gasteiger charge is -2.34. The Morgan fingerprint density at radius 2 is 1.29 bits per heavy atom. The number of carbonyl (C=O) groups is 1. The van der Waals surface area contributed by atoms with Crippen LogP contribution >= 0.6 is 0 Å². The van der Waals surface area contributed by atoms with Crippen LogP contribution in [0.5, 0.6) is 5.75 Å². The summed E-state index contributed by atoms with van der Waals surface area (Å²) < 4.78 is 0. The van der Waals surface area contributed by atoms with Gasteiger partial charge in [-0.3, -0.25) is 0 Å². The van der Waals surface area contributed by atoms with E-state index in [0.717, 1.165) is 62.5 Å². The van der Waals surface area contributed by atoms with Crippen LogP contribution in [0.4, 0.5) is 0 Å². The zero-order valence-electron chi connectivity index (χ0n) is 25.9. The van der Waals surface area contributed by atoms with Gasteiger partial charge in [-0.1, -0.05) is 137 Å². The van der Waals surface area contributed by atoms with Crippen LogP contribution in [0.15, 0.2) is 12.1 Å². The highest BCUT2D eigenvalue weighted by Crippen LogP contribution is 2.43. The Hall–Kier alpha value is -1.51. The number of carboxylic acids is 1. The van der Waals surface area contributed by atoms with Gasteiger partial charge in [-0.05, 0) is 66.7 Å². The zero-order valence-corrected chi connectivity index (χ0v) is 25.9. The van der Waals surface area contributed by atoms with E-state index in [2.05, 4.69) is 34.6 Å². The van der Waals surface area contributed by atoms with Crippen molar-refractivity contribution in [2.24, 2.45) is 5.41 Å². The van der Waals surface area contributed by atoms with Gasteiger partial charge in [0.05, 0.1) is 5.56 Å². The third-order valence-corrected chi connectivity index (χ3v) is 8.94. The second-order valence-corrected chi connectivity index (χ2v) is 12.0. The van der Waals surface area contributed by atoms with E-state index in [9.17, 15) is 15.0 Å². The lowest BCUT2D eigenvalue weighted by Crippen LogP contribution is -2.23. The molecule has 1 aromatic rings. The van der Waals surface area contributed by atoms with Gasteiger partial charge in [0.25, 0.3) is 0 Å². The van der Waals surface area contributed by atoms with E-state index >= 15 is 0 Å². The summed E-state index contributed by atoms with van der Waals surface area (Å²) in [6, 6.07) is 3.48. The summed E-state index contributed by atoms with van der Waals surface area (Å²) in [5.74, 6) is -0.330. The molecule has 0 aliphatic rings. The minimum atomic E-state index is -0.895. The number of hydrogen-bond acceptors (Lipinski definition) is 2. The summed E-state index contributed by atoms with van der Waals surface area (Å²) in [5, 5.41) is 21.2. The van der Waals surface area contributed by atoms with Crippen molar-refractivity contribution in [1.29, 1.82) is 0 Å². The molecule has 0 spiro atoms. The van der Waals surface area contributed by atoms with Gasteiger partial charge >= 0.3 is 5.97 Å². The average Bonchev–Trinajstić information content (AvgIpc) is 2.91. The van der Waals surface area contributed by atoms with Gasteiger partial charge in [0.2, 0.25) is 0 Å². The van der Waals surface area contributed by atoms with Crippen molar-refractivity contribution in [2.75, 3.05) is 0 Å². The quantitative estimate of drug-likeness (QED) is 0.131. The second-order valence-electron chi connectivity index (χ2n) is 12.0. The smallest absolute Gasteiger partial charge is 0.335 e. The predicted molar refractivity (Wildman–Crippen MR) is 165 cm³/mol. The van der Waals surface area contributed by atoms with Gasteiger partial charge in [-0.15, -0.1) is 0 Å². The lowest BCUT2D eigenvalue weighted by atomic mass is 9.71. The van der Waals surface area contributed by atoms with E-state index in [1.165, 1.54) is 83.5 Å². The highest BCUT2D eigenvalue weighted by atomic mass is 16.4. The first kappa shape index (κ1) is 34.5. The molecule has 3 nitrogen and oxygen atoms in total. The van der Waals surface area contributed by atoms with Crippen LogP contribution < -0.4 is 0 Å². The van der Waals surface area contributed by atoms with E-state index in [1.807, 2.05) is 0 Å². The fraction of sp³-hybridized carbons (Fsp3) is 0.800. The number of aromatic carboxylic acids is 1. The molecule has 0 heterocycles. The Kier molecular flexibility index (Phi) is 18.5. The van der Waals surface area contributed by atoms with Crippen LogP contribution in [0.2, 0.25) is 0 Å². The summed E-state index contributed by atoms with van der Waals surface area (Å²) in [6.45, 7) is 11.1. The first-order chi connectivity index (χ1) is 18.4. The van der Waals surface area contributed by atoms with E-state index in [1.54, 1.807) is 12.1 Å². The molecule has 0 fully saturated rings. The Labute approximate surface area is 236 Å². The summed E-state index contributed by atoms with van der Waals surface area (Å²) in [4.78, 5) is 12.0. The Bertz CT molecular complexity index is 756. The van der Waals surface area contributed by atoms with E-state index in [4.69, 9.17) is 0 Å². The molecular weight excluding hydrogens is 468 g/mol. The maximum absolute atomic E-state index is 12.0. The molecular formula is C35H62O3. The van der Waals surface area contributed by atoms with Crippen molar-refractivity contribution >= 4 is 5.97 Å². The van der Waals surface area contributed by atoms with Gasteiger partial charge in [0.1, 0.15) is 5.75 Å². The molecule has 0 amide bonds. The molecule has 220 valence electrons. The molecule has 2 N–H and O–H groups in total. The van der Waals surface area contributed by atoms with Crippen LogP contribution in [0.25, 0.3) is 0 Å². The van der Waals surface area contributed by atoms with Crippen LogP contribution in [0, 0.1) is 5.41 Å². The third kappa shape index (κ3) is 12.6. The van der Waals surface area contributed by atoms with Crippen LogP contribution in [-0.4, -0.2) is 16.2 Å². The molecule has 0 radical (unpaired) electrons. The third-order valence-electron chi connectivity index (χ3n) is 8.94. The largest absolute Gasteiger partial charge is 0.507 e. The molecule has 0 aliphatic carbocycles. The first-order valence-electron chi connectivity index (χ1n) is 16.5. The molecule has 0 bridgehead atoms. The molecule has 38 heavy (non-hydrogen) atoms. The van der Waals surface area contributed by atoms with Crippen LogP contribution in [0.1, 0.15) is 190 Å². The number of benzene rings is 1. The SMILES string of the molecule is CCCCCCCCCCCCCCCC(CC)(CCC)Cc1cc(C(=O)O)cc(C(CC)CCC)c1O. The maximum atomic E-state index is 12.0. The van der Waals surface area contributed by atoms with Crippen LogP contribution in [-0.2, 0) is 6.42 Å². The zero-order chi connectivity index (χ0) is 28.2. The second kappa shape index (κ2) is 20.4. The number of carboxylic acid groups (broad SMARTS) is 1. The molecule has 1 rings (SSSR count). The summed E-state index contributed by atoms with van der Waals surface area (Å²) >= 11 is 0. The van der Waals surface area contributed by atoms with Crippen molar-refractivity contribution in [3.05, 3.63) is 28.8 Å². The summed E-state index contributed by atoms with van der Waals surface area (Å²) in [5.41, 5.74) is 2.14. The number of phenols is 1. The predicted octanol–water partition coefficient (Wildman–Crippen LogP) is 11.6. The Balaban J connectivity index is 2.70. The standard InChI is InChI=1S/C35H62O3/c1-6-11-12-13-14-15-16-17-18-19-20-21-22-25-35(10-5,24-8-3)28-31-26-30(34(37)38)27-32(33(31)36)29(9-4)23-7-2/h26-27,29,36H,6-25,28H2,1-5H3,(H,37,38). The van der Waals surface area contributed by atoms with Gasteiger partial charge in [0.15, 0.2) is 0 Å². The highest BCUT2D eigenvalue weighted by Gasteiger charge is 2.30. The van der Waals surface area contributed by atoms with Crippen molar-refractivity contribution in [2.45, 2.75) is 175 Å². The monoisotopic (exact) mass is 530 g/mol. The molecule has 1 aromatic carbocycles. The average molecular weight is 531 g/mol. The number of unbranched alkanes of at least 4 members (excludes halogenated alkanes) is 12. The van der Waals surface area contributed by atoms with Gasteiger partial charge in [-0.2, -0.15) is 0 Å². The topological polar surface area (TPSA) is 57.5 Å². The molecule has 2 unspecified atom stereocenters. The first-order valence-corrected chi connectivity index (χ1v) is 16.5. The van der Waals surface area contributed by atoms with Crippen molar-refractivity contribution in [3.8, 4) is 5.75 Å². The van der Waals surface area contributed by atoms with E-state index in [0.29, 0.717) is 11.3 Å². The van der Waals surface area contributed by atoms with Gasteiger partial charge < -0.3 is 10.2 Å². The van der Waals surface area contributed by atoms with Gasteiger partial charge in [-0.25, -0.2) is 4.79 Å². The molecule has 2 atom stereocenters. The van der Waals surface area contributed by atoms with E-state index in [-0.39, 0.29) is 11.3 Å². The van der Waals surface area contributed by atoms with Gasteiger partial charge in [0, 0.05) is 0 Å². The fourth-order valence-corrected chi connectivity index (χ4v) is 6.45. The van der Waals surface area contributed by atoms with Crippen LogP contribution in [0.3, 0.4) is 0 Å².